The van der Waals surface area contributed by atoms with Crippen LogP contribution in [0.1, 0.15) is 15.9 Å². The molecule has 4 rings (SSSR count). The lowest BCUT2D eigenvalue weighted by atomic mass is 10.1. The molecule has 2 amide bonds. The van der Waals surface area contributed by atoms with Gasteiger partial charge in [0.2, 0.25) is 5.91 Å². The van der Waals surface area contributed by atoms with E-state index in [0.29, 0.717) is 38.4 Å². The van der Waals surface area contributed by atoms with Gasteiger partial charge in [-0.25, -0.2) is 0 Å². The molecule has 0 saturated carbocycles. The molecule has 31 heavy (non-hydrogen) atoms. The number of hydrogen-bond donors (Lipinski definition) is 1. The van der Waals surface area contributed by atoms with Crippen LogP contribution in [-0.4, -0.2) is 85.5 Å². The van der Waals surface area contributed by atoms with Gasteiger partial charge in [0.15, 0.2) is 0 Å². The van der Waals surface area contributed by atoms with Crippen LogP contribution in [0.15, 0.2) is 54.6 Å². The first-order valence-corrected chi connectivity index (χ1v) is 10.9. The summed E-state index contributed by atoms with van der Waals surface area (Å²) in [6.07, 6.45) is 0. The fraction of sp³-hybridized carbons (Fsp3) is 0.417. The number of amides is 2. The molecule has 0 radical (unpaired) electrons. The van der Waals surface area contributed by atoms with Crippen LogP contribution in [0.25, 0.3) is 0 Å². The number of morpholine rings is 1. The zero-order valence-corrected chi connectivity index (χ0v) is 17.8. The first kappa shape index (κ1) is 21.5. The fourth-order valence-corrected chi connectivity index (χ4v) is 4.01. The maximum atomic E-state index is 12.6. The third-order valence-electron chi connectivity index (χ3n) is 5.88. The molecule has 0 aliphatic carbocycles. The Bertz CT molecular complexity index is 875. The molecule has 7 nitrogen and oxygen atoms in total. The van der Waals surface area contributed by atoms with Crippen molar-refractivity contribution in [1.82, 2.24) is 14.7 Å². The van der Waals surface area contributed by atoms with E-state index in [2.05, 4.69) is 21.2 Å². The highest BCUT2D eigenvalue weighted by Crippen LogP contribution is 2.19. The van der Waals surface area contributed by atoms with Gasteiger partial charge in [0.1, 0.15) is 0 Å². The van der Waals surface area contributed by atoms with Gasteiger partial charge in [0, 0.05) is 57.1 Å². The number of nitrogens with zero attached hydrogens (tertiary/aromatic N) is 3. The minimum atomic E-state index is -0.0977. The van der Waals surface area contributed by atoms with E-state index >= 15 is 0 Å². The van der Waals surface area contributed by atoms with Crippen LogP contribution in [-0.2, 0) is 16.1 Å². The van der Waals surface area contributed by atoms with Crippen molar-refractivity contribution in [3.05, 3.63) is 65.7 Å². The van der Waals surface area contributed by atoms with Gasteiger partial charge in [0.05, 0.1) is 19.8 Å². The molecule has 2 fully saturated rings. The number of piperazine rings is 1. The minimum absolute atomic E-state index is 0.0977. The Morgan fingerprint density at radius 2 is 1.45 bits per heavy atom. The molecular formula is C24H30N4O3. The Balaban J connectivity index is 1.29. The van der Waals surface area contributed by atoms with Gasteiger partial charge in [-0.3, -0.25) is 19.4 Å². The molecule has 0 atom stereocenters. The van der Waals surface area contributed by atoms with Gasteiger partial charge in [-0.2, -0.15) is 0 Å². The fourth-order valence-electron chi connectivity index (χ4n) is 4.01. The van der Waals surface area contributed by atoms with Crippen molar-refractivity contribution in [2.24, 2.45) is 0 Å². The SMILES string of the molecule is O=C(Nc1ccccc1CN1CCN(CC(=O)N2CCOCC2)CC1)c1ccccc1. The largest absolute Gasteiger partial charge is 0.378 e. The molecule has 2 saturated heterocycles. The van der Waals surface area contributed by atoms with Crippen LogP contribution in [0.3, 0.4) is 0 Å². The quantitative estimate of drug-likeness (QED) is 0.771. The van der Waals surface area contributed by atoms with E-state index in [-0.39, 0.29) is 11.8 Å². The summed E-state index contributed by atoms with van der Waals surface area (Å²) >= 11 is 0. The van der Waals surface area contributed by atoms with E-state index in [1.54, 1.807) is 0 Å². The molecule has 0 aromatic heterocycles. The zero-order valence-electron chi connectivity index (χ0n) is 17.8. The van der Waals surface area contributed by atoms with Gasteiger partial charge in [-0.05, 0) is 23.8 Å². The molecule has 2 heterocycles. The van der Waals surface area contributed by atoms with Gasteiger partial charge < -0.3 is 15.0 Å². The van der Waals surface area contributed by atoms with E-state index < -0.39 is 0 Å². The van der Waals surface area contributed by atoms with Crippen molar-refractivity contribution in [2.45, 2.75) is 6.54 Å². The number of carbonyl (C=O) groups excluding carboxylic acids is 2. The second kappa shape index (κ2) is 10.5. The molecule has 2 aliphatic heterocycles. The van der Waals surface area contributed by atoms with E-state index in [1.807, 2.05) is 53.4 Å². The Morgan fingerprint density at radius 1 is 0.806 bits per heavy atom. The number of rotatable bonds is 6. The smallest absolute Gasteiger partial charge is 0.255 e. The normalized spacial score (nSPS) is 18.0. The van der Waals surface area contributed by atoms with Crippen molar-refractivity contribution in [3.63, 3.8) is 0 Å². The maximum Gasteiger partial charge on any atom is 0.255 e. The van der Waals surface area contributed by atoms with Crippen molar-refractivity contribution in [1.29, 1.82) is 0 Å². The van der Waals surface area contributed by atoms with Crippen LogP contribution in [0, 0.1) is 0 Å². The summed E-state index contributed by atoms with van der Waals surface area (Å²) in [4.78, 5) is 31.6. The summed E-state index contributed by atoms with van der Waals surface area (Å²) in [5.41, 5.74) is 2.60. The number of anilines is 1. The van der Waals surface area contributed by atoms with Crippen LogP contribution >= 0.6 is 0 Å². The first-order chi connectivity index (χ1) is 15.2. The van der Waals surface area contributed by atoms with E-state index in [9.17, 15) is 9.59 Å². The lowest BCUT2D eigenvalue weighted by molar-refractivity contribution is -0.136. The highest BCUT2D eigenvalue weighted by atomic mass is 16.5. The van der Waals surface area contributed by atoms with E-state index in [4.69, 9.17) is 4.74 Å². The van der Waals surface area contributed by atoms with Crippen LogP contribution < -0.4 is 5.32 Å². The Kier molecular flexibility index (Phi) is 7.30. The molecule has 0 spiro atoms. The molecule has 0 unspecified atom stereocenters. The van der Waals surface area contributed by atoms with Crippen molar-refractivity contribution in [3.8, 4) is 0 Å². The van der Waals surface area contributed by atoms with Gasteiger partial charge >= 0.3 is 0 Å². The van der Waals surface area contributed by atoms with Crippen LogP contribution in [0.2, 0.25) is 0 Å². The van der Waals surface area contributed by atoms with E-state index in [1.165, 1.54) is 0 Å². The summed E-state index contributed by atoms with van der Waals surface area (Å²) in [7, 11) is 0. The van der Waals surface area contributed by atoms with Crippen molar-refractivity contribution in [2.75, 3.05) is 64.3 Å². The monoisotopic (exact) mass is 422 g/mol. The van der Waals surface area contributed by atoms with E-state index in [0.717, 1.165) is 44.0 Å². The lowest BCUT2D eigenvalue weighted by Crippen LogP contribution is -2.51. The van der Waals surface area contributed by atoms with Gasteiger partial charge in [-0.1, -0.05) is 36.4 Å². The average Bonchev–Trinajstić information content (AvgIpc) is 2.82. The number of carbonyl (C=O) groups is 2. The molecule has 2 aromatic rings. The van der Waals surface area contributed by atoms with Gasteiger partial charge in [0.25, 0.3) is 5.91 Å². The number of nitrogens with one attached hydrogen (secondary N) is 1. The Labute approximate surface area is 183 Å². The highest BCUT2D eigenvalue weighted by Gasteiger charge is 2.23. The van der Waals surface area contributed by atoms with Gasteiger partial charge in [-0.15, -0.1) is 0 Å². The summed E-state index contributed by atoms with van der Waals surface area (Å²) in [6, 6.07) is 17.2. The molecular weight excluding hydrogens is 392 g/mol. The summed E-state index contributed by atoms with van der Waals surface area (Å²) < 4.78 is 5.33. The highest BCUT2D eigenvalue weighted by molar-refractivity contribution is 6.04. The summed E-state index contributed by atoms with van der Waals surface area (Å²) in [5.74, 6) is 0.102. The second-order valence-corrected chi connectivity index (χ2v) is 8.02. The number of para-hydroxylation sites is 1. The molecule has 2 aliphatic rings. The summed E-state index contributed by atoms with van der Waals surface area (Å²) in [5, 5.41) is 3.05. The average molecular weight is 423 g/mol. The van der Waals surface area contributed by atoms with Crippen LogP contribution in [0.5, 0.6) is 0 Å². The van der Waals surface area contributed by atoms with Crippen LogP contribution in [0.4, 0.5) is 5.69 Å². The molecule has 1 N–H and O–H groups in total. The number of benzene rings is 2. The third-order valence-corrected chi connectivity index (χ3v) is 5.88. The topological polar surface area (TPSA) is 65.1 Å². The molecule has 7 heteroatoms. The standard InChI is InChI=1S/C24H30N4O3/c29-23(28-14-16-31-17-15-28)19-27-12-10-26(11-13-27)18-21-8-4-5-9-22(21)25-24(30)20-6-2-1-3-7-20/h1-9H,10-19H2,(H,25,30). The Morgan fingerprint density at radius 3 is 2.19 bits per heavy atom. The molecule has 0 bridgehead atoms. The molecule has 164 valence electrons. The number of ether oxygens (including phenoxy) is 1. The predicted octanol–water partition coefficient (Wildman–Crippen LogP) is 1.92. The second-order valence-electron chi connectivity index (χ2n) is 8.02. The first-order valence-electron chi connectivity index (χ1n) is 10.9. The third kappa shape index (κ3) is 5.91. The predicted molar refractivity (Wildman–Crippen MR) is 120 cm³/mol. The maximum absolute atomic E-state index is 12.6. The summed E-state index contributed by atoms with van der Waals surface area (Å²) in [6.45, 7) is 7.47. The zero-order chi connectivity index (χ0) is 21.5. The Hall–Kier alpha value is -2.74. The molecule has 2 aromatic carbocycles. The van der Waals surface area contributed by atoms with Crippen molar-refractivity contribution >= 4 is 17.5 Å². The number of hydrogen-bond acceptors (Lipinski definition) is 5. The minimum Gasteiger partial charge on any atom is -0.378 e. The lowest BCUT2D eigenvalue weighted by Gasteiger charge is -2.36. The van der Waals surface area contributed by atoms with Crippen molar-refractivity contribution < 1.29 is 14.3 Å².